The number of hydrogen-bond acceptors (Lipinski definition) is 2. The van der Waals surface area contributed by atoms with E-state index in [2.05, 4.69) is 10.0 Å². The maximum Gasteiger partial charge on any atom is 0.0554 e. The van der Waals surface area contributed by atoms with Crippen molar-refractivity contribution in [3.8, 4) is 0 Å². The SMILES string of the molecule is [N-]=[N+]=NC1CSC1. The van der Waals surface area contributed by atoms with Crippen LogP contribution in [0.1, 0.15) is 0 Å². The predicted molar refractivity (Wildman–Crippen MR) is 30.3 cm³/mol. The third-order valence-corrected chi connectivity index (χ3v) is 2.08. The van der Waals surface area contributed by atoms with Crippen molar-refractivity contribution in [1.82, 2.24) is 0 Å². The van der Waals surface area contributed by atoms with Crippen molar-refractivity contribution in [3.63, 3.8) is 0 Å². The van der Waals surface area contributed by atoms with E-state index in [1.54, 1.807) is 0 Å². The van der Waals surface area contributed by atoms with Gasteiger partial charge in [-0.05, 0) is 5.53 Å². The highest BCUT2D eigenvalue weighted by atomic mass is 32.2. The maximum atomic E-state index is 7.85. The highest BCUT2D eigenvalue weighted by molar-refractivity contribution is 8.00. The van der Waals surface area contributed by atoms with Crippen LogP contribution in [0.25, 0.3) is 10.4 Å². The summed E-state index contributed by atoms with van der Waals surface area (Å²) in [5, 5.41) is 3.49. The van der Waals surface area contributed by atoms with Crippen LogP contribution < -0.4 is 0 Å². The van der Waals surface area contributed by atoms with E-state index in [0.717, 1.165) is 11.5 Å². The van der Waals surface area contributed by atoms with Crippen LogP contribution >= 0.6 is 11.8 Å². The van der Waals surface area contributed by atoms with E-state index >= 15 is 0 Å². The van der Waals surface area contributed by atoms with Gasteiger partial charge in [0.15, 0.2) is 0 Å². The average molecular weight is 115 g/mol. The van der Waals surface area contributed by atoms with Gasteiger partial charge < -0.3 is 0 Å². The third kappa shape index (κ3) is 1.01. The number of nitrogens with zero attached hydrogens (tertiary/aromatic N) is 3. The van der Waals surface area contributed by atoms with Crippen molar-refractivity contribution in [1.29, 1.82) is 0 Å². The van der Waals surface area contributed by atoms with Crippen LogP contribution in [0.3, 0.4) is 0 Å². The molecule has 0 radical (unpaired) electrons. The zero-order valence-corrected chi connectivity index (χ0v) is 4.56. The molecule has 0 aliphatic carbocycles. The molecule has 7 heavy (non-hydrogen) atoms. The lowest BCUT2D eigenvalue weighted by Gasteiger charge is -2.18. The highest BCUT2D eigenvalue weighted by Gasteiger charge is 2.14. The van der Waals surface area contributed by atoms with Crippen LogP contribution in [0.15, 0.2) is 5.11 Å². The average Bonchev–Trinajstić information content (AvgIpc) is 1.55. The van der Waals surface area contributed by atoms with Gasteiger partial charge >= 0.3 is 0 Å². The standard InChI is InChI=1S/C3H5N3S/c4-6-5-3-1-7-2-3/h3H,1-2H2. The Labute approximate surface area is 45.7 Å². The van der Waals surface area contributed by atoms with E-state index in [1.807, 2.05) is 11.8 Å². The molecule has 1 aliphatic rings. The zero-order chi connectivity index (χ0) is 5.11. The molecular weight excluding hydrogens is 110 g/mol. The Morgan fingerprint density at radius 3 is 2.57 bits per heavy atom. The van der Waals surface area contributed by atoms with Crippen molar-refractivity contribution < 1.29 is 0 Å². The molecule has 0 bridgehead atoms. The summed E-state index contributed by atoms with van der Waals surface area (Å²) in [6.45, 7) is 0. The minimum absolute atomic E-state index is 0.301. The minimum Gasteiger partial charge on any atom is -0.161 e. The van der Waals surface area contributed by atoms with Gasteiger partial charge in [0.05, 0.1) is 6.04 Å². The second-order valence-corrected chi connectivity index (χ2v) is 2.47. The van der Waals surface area contributed by atoms with Gasteiger partial charge in [0.1, 0.15) is 0 Å². The molecule has 1 rings (SSSR count). The third-order valence-electron chi connectivity index (χ3n) is 0.835. The van der Waals surface area contributed by atoms with Gasteiger partial charge in [0.2, 0.25) is 0 Å². The Morgan fingerprint density at radius 2 is 2.43 bits per heavy atom. The first kappa shape index (κ1) is 4.81. The summed E-state index contributed by atoms with van der Waals surface area (Å²) < 4.78 is 0. The number of hydrogen-bond donors (Lipinski definition) is 0. The van der Waals surface area contributed by atoms with E-state index in [9.17, 15) is 0 Å². The van der Waals surface area contributed by atoms with Crippen LogP contribution in [0.4, 0.5) is 0 Å². The Morgan fingerprint density at radius 1 is 1.71 bits per heavy atom. The van der Waals surface area contributed by atoms with E-state index in [4.69, 9.17) is 5.53 Å². The minimum atomic E-state index is 0.301. The Balaban J connectivity index is 2.27. The summed E-state index contributed by atoms with van der Waals surface area (Å²) in [6, 6.07) is 0.301. The Kier molecular flexibility index (Phi) is 1.44. The first-order valence-electron chi connectivity index (χ1n) is 2.05. The van der Waals surface area contributed by atoms with Gasteiger partial charge in [0.25, 0.3) is 0 Å². The molecule has 0 spiro atoms. The molecule has 3 nitrogen and oxygen atoms in total. The van der Waals surface area contributed by atoms with Crippen molar-refractivity contribution in [3.05, 3.63) is 10.4 Å². The second-order valence-electron chi connectivity index (χ2n) is 1.40. The van der Waals surface area contributed by atoms with Gasteiger partial charge in [-0.1, -0.05) is 5.11 Å². The summed E-state index contributed by atoms with van der Waals surface area (Å²) in [6.07, 6.45) is 0. The van der Waals surface area contributed by atoms with Gasteiger partial charge in [-0.15, -0.1) is 0 Å². The highest BCUT2D eigenvalue weighted by Crippen LogP contribution is 2.20. The van der Waals surface area contributed by atoms with Crippen LogP contribution in [-0.4, -0.2) is 17.5 Å². The Bertz CT molecular complexity index is 103. The normalized spacial score (nSPS) is 20.0. The monoisotopic (exact) mass is 115 g/mol. The summed E-state index contributed by atoms with van der Waals surface area (Å²) in [5.41, 5.74) is 7.85. The molecule has 0 amide bonds. The molecule has 1 fully saturated rings. The second kappa shape index (κ2) is 2.09. The van der Waals surface area contributed by atoms with Gasteiger partial charge in [-0.3, -0.25) is 0 Å². The van der Waals surface area contributed by atoms with Crippen LogP contribution in [0.5, 0.6) is 0 Å². The fraction of sp³-hybridized carbons (Fsp3) is 1.00. The topological polar surface area (TPSA) is 48.8 Å². The molecule has 0 aromatic heterocycles. The lowest BCUT2D eigenvalue weighted by molar-refractivity contribution is 0.809. The maximum absolute atomic E-state index is 7.85. The Hall–Kier alpha value is -0.340. The largest absolute Gasteiger partial charge is 0.161 e. The van der Waals surface area contributed by atoms with Crippen molar-refractivity contribution in [2.24, 2.45) is 5.11 Å². The van der Waals surface area contributed by atoms with E-state index in [-0.39, 0.29) is 0 Å². The molecule has 0 aromatic rings. The quantitative estimate of drug-likeness (QED) is 0.289. The van der Waals surface area contributed by atoms with Crippen LogP contribution in [-0.2, 0) is 0 Å². The lowest BCUT2D eigenvalue weighted by atomic mass is 10.4. The summed E-state index contributed by atoms with van der Waals surface area (Å²) in [5.74, 6) is 2.04. The fourth-order valence-corrected chi connectivity index (χ4v) is 0.943. The molecule has 1 heterocycles. The van der Waals surface area contributed by atoms with Crippen LogP contribution in [0, 0.1) is 0 Å². The molecule has 1 saturated heterocycles. The lowest BCUT2D eigenvalue weighted by Crippen LogP contribution is -2.20. The molecule has 0 saturated carbocycles. The van der Waals surface area contributed by atoms with Gasteiger partial charge in [0, 0.05) is 16.4 Å². The molecule has 4 heteroatoms. The molecule has 0 unspecified atom stereocenters. The van der Waals surface area contributed by atoms with Gasteiger partial charge in [-0.2, -0.15) is 11.8 Å². The zero-order valence-electron chi connectivity index (χ0n) is 3.74. The van der Waals surface area contributed by atoms with Crippen molar-refractivity contribution in [2.45, 2.75) is 6.04 Å². The molecular formula is C3H5N3S. The van der Waals surface area contributed by atoms with Crippen molar-refractivity contribution in [2.75, 3.05) is 11.5 Å². The summed E-state index contributed by atoms with van der Waals surface area (Å²) in [4.78, 5) is 2.67. The number of azide groups is 1. The predicted octanol–water partition coefficient (Wildman–Crippen LogP) is 1.41. The molecule has 0 N–H and O–H groups in total. The van der Waals surface area contributed by atoms with Crippen molar-refractivity contribution >= 4 is 11.8 Å². The molecule has 38 valence electrons. The first-order chi connectivity index (χ1) is 3.43. The number of thioether (sulfide) groups is 1. The molecule has 0 aromatic carbocycles. The van der Waals surface area contributed by atoms with E-state index < -0.39 is 0 Å². The van der Waals surface area contributed by atoms with E-state index in [0.29, 0.717) is 6.04 Å². The summed E-state index contributed by atoms with van der Waals surface area (Å²) in [7, 11) is 0. The molecule has 1 aliphatic heterocycles. The smallest absolute Gasteiger partial charge is 0.0554 e. The van der Waals surface area contributed by atoms with Crippen LogP contribution in [0.2, 0.25) is 0 Å². The molecule has 0 atom stereocenters. The van der Waals surface area contributed by atoms with E-state index in [1.165, 1.54) is 0 Å². The first-order valence-corrected chi connectivity index (χ1v) is 3.21. The van der Waals surface area contributed by atoms with Gasteiger partial charge in [-0.25, -0.2) is 0 Å². The number of rotatable bonds is 1. The summed E-state index contributed by atoms with van der Waals surface area (Å²) >= 11 is 1.82. The fourth-order valence-electron chi connectivity index (χ4n) is 0.363.